The molecule has 13 heteroatoms. The monoisotopic (exact) mass is 689 g/mol. The number of thiophene rings is 2. The van der Waals surface area contributed by atoms with Crippen molar-refractivity contribution in [1.82, 2.24) is 0 Å². The summed E-state index contributed by atoms with van der Waals surface area (Å²) in [6, 6.07) is 24.4. The summed E-state index contributed by atoms with van der Waals surface area (Å²) in [5.41, 5.74) is 3.19. The molecule has 0 radical (unpaired) electrons. The van der Waals surface area contributed by atoms with Gasteiger partial charge in [0.15, 0.2) is 23.0 Å². The topological polar surface area (TPSA) is 162 Å². The van der Waals surface area contributed by atoms with Gasteiger partial charge in [0.1, 0.15) is 44.1 Å². The molecule has 2 aliphatic rings. The Morgan fingerprint density at radius 3 is 1.49 bits per heavy atom. The van der Waals surface area contributed by atoms with Crippen LogP contribution in [0.2, 0.25) is 0 Å². The lowest BCUT2D eigenvalue weighted by Gasteiger charge is -2.26. The Kier molecular flexibility index (Phi) is 8.36. The van der Waals surface area contributed by atoms with Crippen molar-refractivity contribution < 1.29 is 38.7 Å². The molecule has 0 unspecified atom stereocenters. The smallest absolute Gasteiger partial charge is 0.335 e. The van der Waals surface area contributed by atoms with E-state index in [4.69, 9.17) is 18.9 Å². The van der Waals surface area contributed by atoms with Crippen molar-refractivity contribution in [2.45, 2.75) is 0 Å². The van der Waals surface area contributed by atoms with Crippen LogP contribution in [0.15, 0.2) is 78.4 Å². The SMILES string of the molecule is N#CC(C#N)=Cc1sc(-c2sc(-c3ccc(N(c4ccc(C(=O)O)cc4)c4ccc(C(=O)O)cc4)cc3)c3c2OCCO3)c2c1OCCO2. The molecule has 2 aromatic heterocycles. The number of hydrogen-bond acceptors (Lipinski definition) is 11. The molecule has 4 heterocycles. The standard InChI is InChI=1S/C36H23N3O8S2/c37-18-20(19-38)17-27-28-29(45-14-13-44-28)33(48-27)34-31-30(46-15-16-47-31)32(49-34)21-1-7-24(8-2-21)39(25-9-3-22(4-10-25)35(40)41)26-11-5-23(6-12-26)36(42)43/h1-12,17H,13-16H2,(H,40,41)(H,42,43). The van der Waals surface area contributed by atoms with Gasteiger partial charge in [-0.25, -0.2) is 9.59 Å². The number of anilines is 3. The maximum Gasteiger partial charge on any atom is 0.335 e. The van der Waals surface area contributed by atoms with Crippen molar-refractivity contribution in [2.24, 2.45) is 0 Å². The van der Waals surface area contributed by atoms with Gasteiger partial charge in [-0.15, -0.1) is 22.7 Å². The van der Waals surface area contributed by atoms with Gasteiger partial charge in [0.2, 0.25) is 0 Å². The van der Waals surface area contributed by atoms with Crippen LogP contribution in [-0.4, -0.2) is 48.6 Å². The van der Waals surface area contributed by atoms with Crippen LogP contribution in [0.1, 0.15) is 25.6 Å². The summed E-state index contributed by atoms with van der Waals surface area (Å²) < 4.78 is 24.3. The fourth-order valence-corrected chi connectivity index (χ4v) is 7.90. The van der Waals surface area contributed by atoms with E-state index >= 15 is 0 Å². The summed E-state index contributed by atoms with van der Waals surface area (Å²) in [6.07, 6.45) is 1.49. The summed E-state index contributed by atoms with van der Waals surface area (Å²) in [5.74, 6) is 0.0888. The number of carboxylic acid groups (broad SMARTS) is 2. The number of nitrogens with zero attached hydrogens (tertiary/aromatic N) is 3. The van der Waals surface area contributed by atoms with Crippen LogP contribution < -0.4 is 23.8 Å². The van der Waals surface area contributed by atoms with Gasteiger partial charge in [0, 0.05) is 17.1 Å². The summed E-state index contributed by atoms with van der Waals surface area (Å²) >= 11 is 2.80. The first kappa shape index (κ1) is 31.3. The van der Waals surface area contributed by atoms with E-state index in [0.29, 0.717) is 65.7 Å². The fraction of sp³-hybridized carbons (Fsp3) is 0.111. The third-order valence-electron chi connectivity index (χ3n) is 7.68. The minimum Gasteiger partial charge on any atom is -0.485 e. The molecule has 0 aliphatic carbocycles. The van der Waals surface area contributed by atoms with E-state index in [0.717, 1.165) is 25.9 Å². The second-order valence-corrected chi connectivity index (χ2v) is 12.7. The number of rotatable bonds is 8. The van der Waals surface area contributed by atoms with Gasteiger partial charge in [-0.3, -0.25) is 0 Å². The van der Waals surface area contributed by atoms with Crippen molar-refractivity contribution >= 4 is 57.8 Å². The molecule has 5 aromatic rings. The second-order valence-electron chi connectivity index (χ2n) is 10.6. The van der Waals surface area contributed by atoms with Crippen molar-refractivity contribution in [2.75, 3.05) is 31.3 Å². The molecule has 3 aromatic carbocycles. The number of carboxylic acids is 2. The zero-order chi connectivity index (χ0) is 34.1. The van der Waals surface area contributed by atoms with Crippen molar-refractivity contribution in [3.8, 4) is 55.3 Å². The summed E-state index contributed by atoms with van der Waals surface area (Å²) in [6.45, 7) is 1.40. The number of hydrogen-bond donors (Lipinski definition) is 2. The highest BCUT2D eigenvalue weighted by Crippen LogP contribution is 2.60. The summed E-state index contributed by atoms with van der Waals surface area (Å²) in [4.78, 5) is 27.8. The first-order valence-corrected chi connectivity index (χ1v) is 16.4. The van der Waals surface area contributed by atoms with Gasteiger partial charge >= 0.3 is 11.9 Å². The van der Waals surface area contributed by atoms with Crippen LogP contribution in [0.3, 0.4) is 0 Å². The van der Waals surface area contributed by atoms with E-state index in [1.165, 1.54) is 53.0 Å². The van der Waals surface area contributed by atoms with E-state index < -0.39 is 11.9 Å². The molecular weight excluding hydrogens is 667 g/mol. The van der Waals surface area contributed by atoms with Gasteiger partial charge in [-0.05, 0) is 72.3 Å². The molecule has 0 amide bonds. The van der Waals surface area contributed by atoms with Crippen LogP contribution in [0, 0.1) is 22.7 Å². The molecule has 0 atom stereocenters. The van der Waals surface area contributed by atoms with Crippen LogP contribution in [0.4, 0.5) is 17.1 Å². The summed E-state index contributed by atoms with van der Waals surface area (Å²) in [5, 5.41) is 37.6. The predicted molar refractivity (Wildman–Crippen MR) is 183 cm³/mol. The van der Waals surface area contributed by atoms with E-state index in [1.807, 2.05) is 41.3 Å². The Hall–Kier alpha value is -6.28. The average Bonchev–Trinajstić information content (AvgIpc) is 3.70. The third-order valence-corrected chi connectivity index (χ3v) is 10.1. The fourth-order valence-electron chi connectivity index (χ4n) is 5.44. The third kappa shape index (κ3) is 5.89. The maximum absolute atomic E-state index is 11.5. The Balaban J connectivity index is 1.30. The molecule has 0 saturated heterocycles. The number of aromatic carboxylic acids is 2. The molecule has 7 rings (SSSR count). The number of nitriles is 2. The molecule has 0 spiro atoms. The van der Waals surface area contributed by atoms with Crippen molar-refractivity contribution in [1.29, 1.82) is 10.5 Å². The van der Waals surface area contributed by atoms with E-state index in [2.05, 4.69) is 0 Å². The van der Waals surface area contributed by atoms with Crippen molar-refractivity contribution in [3.05, 3.63) is 94.4 Å². The second kappa shape index (κ2) is 13.1. The Labute approximate surface area is 287 Å². The molecule has 0 bridgehead atoms. The van der Waals surface area contributed by atoms with Gasteiger partial charge < -0.3 is 34.1 Å². The van der Waals surface area contributed by atoms with Gasteiger partial charge in [-0.2, -0.15) is 10.5 Å². The Morgan fingerprint density at radius 1 is 0.612 bits per heavy atom. The Morgan fingerprint density at radius 2 is 1.02 bits per heavy atom. The van der Waals surface area contributed by atoms with E-state index in [-0.39, 0.29) is 16.7 Å². The van der Waals surface area contributed by atoms with Gasteiger partial charge in [0.05, 0.1) is 30.6 Å². The highest BCUT2D eigenvalue weighted by Gasteiger charge is 2.33. The average molecular weight is 690 g/mol. The minimum absolute atomic E-state index is 0.0527. The molecule has 0 fully saturated rings. The molecule has 49 heavy (non-hydrogen) atoms. The van der Waals surface area contributed by atoms with Gasteiger partial charge in [0.25, 0.3) is 0 Å². The lowest BCUT2D eigenvalue weighted by Crippen LogP contribution is -2.15. The Bertz CT molecular complexity index is 2130. The number of carbonyl (C=O) groups is 2. The number of ether oxygens (including phenoxy) is 4. The minimum atomic E-state index is -1.04. The molecule has 2 N–H and O–H groups in total. The molecule has 0 saturated carbocycles. The van der Waals surface area contributed by atoms with Crippen molar-refractivity contribution in [3.63, 3.8) is 0 Å². The lowest BCUT2D eigenvalue weighted by atomic mass is 10.1. The number of benzene rings is 3. The highest BCUT2D eigenvalue weighted by atomic mass is 32.1. The first-order chi connectivity index (χ1) is 23.9. The normalized spacial score (nSPS) is 12.7. The highest BCUT2D eigenvalue weighted by molar-refractivity contribution is 7.25. The zero-order valence-electron chi connectivity index (χ0n) is 25.3. The van der Waals surface area contributed by atoms with E-state index in [1.54, 1.807) is 24.3 Å². The maximum atomic E-state index is 11.5. The molecular formula is C36H23N3O8S2. The molecule has 242 valence electrons. The van der Waals surface area contributed by atoms with E-state index in [9.17, 15) is 30.3 Å². The quantitative estimate of drug-likeness (QED) is 0.152. The molecule has 11 nitrogen and oxygen atoms in total. The van der Waals surface area contributed by atoms with Gasteiger partial charge in [-0.1, -0.05) is 12.1 Å². The van der Waals surface area contributed by atoms with Crippen LogP contribution in [0.25, 0.3) is 26.3 Å². The summed E-state index contributed by atoms with van der Waals surface area (Å²) in [7, 11) is 0. The predicted octanol–water partition coefficient (Wildman–Crippen LogP) is 7.98. The first-order valence-electron chi connectivity index (χ1n) is 14.8. The van der Waals surface area contributed by atoms with Crippen LogP contribution >= 0.6 is 22.7 Å². The number of allylic oxidation sites excluding steroid dienone is 1. The molecule has 2 aliphatic heterocycles. The zero-order valence-corrected chi connectivity index (χ0v) is 27.0. The lowest BCUT2D eigenvalue weighted by molar-refractivity contribution is 0.0686. The largest absolute Gasteiger partial charge is 0.485 e. The van der Waals surface area contributed by atoms with Crippen LogP contribution in [-0.2, 0) is 0 Å². The number of fused-ring (bicyclic) bond motifs is 2. The van der Waals surface area contributed by atoms with Crippen LogP contribution in [0.5, 0.6) is 23.0 Å².